The van der Waals surface area contributed by atoms with Crippen LogP contribution in [0.4, 0.5) is 0 Å². The lowest BCUT2D eigenvalue weighted by molar-refractivity contribution is 0.0819. The highest BCUT2D eigenvalue weighted by Gasteiger charge is 2.37. The molecule has 1 saturated heterocycles. The van der Waals surface area contributed by atoms with Crippen LogP contribution in [-0.4, -0.2) is 41.7 Å². The Morgan fingerprint density at radius 1 is 1.50 bits per heavy atom. The second-order valence-electron chi connectivity index (χ2n) is 3.83. The summed E-state index contributed by atoms with van der Waals surface area (Å²) in [6.07, 6.45) is 0. The summed E-state index contributed by atoms with van der Waals surface area (Å²) in [6, 6.07) is 0. The Bertz CT molecular complexity index is 119. The largest absolute Gasteiger partial charge is 0.309 e. The summed E-state index contributed by atoms with van der Waals surface area (Å²) in [5.41, 5.74) is 0.560. The van der Waals surface area contributed by atoms with Gasteiger partial charge in [0, 0.05) is 47.9 Å². The van der Waals surface area contributed by atoms with Crippen molar-refractivity contribution in [2.45, 2.75) is 6.92 Å². The van der Waals surface area contributed by atoms with E-state index in [4.69, 9.17) is 0 Å². The average Bonchev–Trinajstić information content (AvgIpc) is 1.57. The molecule has 0 spiro atoms. The molecular formula is C7H15IN2. The second kappa shape index (κ2) is 2.95. The topological polar surface area (TPSA) is 6.48 Å². The summed E-state index contributed by atoms with van der Waals surface area (Å²) in [5, 5.41) is 0. The number of rotatable bonds is 2. The molecule has 0 aromatic carbocycles. The number of halogens is 1. The Labute approximate surface area is 77.1 Å². The molecule has 0 N–H and O–H groups in total. The minimum Gasteiger partial charge on any atom is -0.309 e. The molecule has 0 atom stereocenters. The minimum absolute atomic E-state index is 0.560. The molecule has 1 fully saturated rings. The van der Waals surface area contributed by atoms with Gasteiger partial charge in [0.05, 0.1) is 0 Å². The van der Waals surface area contributed by atoms with E-state index < -0.39 is 0 Å². The average molecular weight is 254 g/mol. The third kappa shape index (κ3) is 2.07. The summed E-state index contributed by atoms with van der Waals surface area (Å²) < 4.78 is 2.33. The van der Waals surface area contributed by atoms with Crippen LogP contribution < -0.4 is 0 Å². The highest BCUT2D eigenvalue weighted by Crippen LogP contribution is 2.32. The van der Waals surface area contributed by atoms with Crippen LogP contribution in [0.25, 0.3) is 0 Å². The molecule has 2 nitrogen and oxygen atoms in total. The van der Waals surface area contributed by atoms with Gasteiger partial charge in [-0.2, -0.15) is 0 Å². The number of hydrogen-bond donors (Lipinski definition) is 0. The maximum absolute atomic E-state index is 2.38. The standard InChI is InChI=1S/C7H15IN2/c1-7(4-9(2)3)5-10(8)6-7/h4-6H2,1-3H3. The Kier molecular flexibility index (Phi) is 2.58. The fourth-order valence-electron chi connectivity index (χ4n) is 1.65. The van der Waals surface area contributed by atoms with Crippen molar-refractivity contribution in [2.75, 3.05) is 33.7 Å². The zero-order chi connectivity index (χ0) is 7.78. The van der Waals surface area contributed by atoms with E-state index in [0.717, 1.165) is 0 Å². The van der Waals surface area contributed by atoms with E-state index in [1.54, 1.807) is 0 Å². The maximum atomic E-state index is 2.38. The highest BCUT2D eigenvalue weighted by molar-refractivity contribution is 14.1. The van der Waals surface area contributed by atoms with Crippen LogP contribution in [0.2, 0.25) is 0 Å². The SMILES string of the molecule is CN(C)CC1(C)CN(I)C1. The Hall–Kier alpha value is 0.650. The lowest BCUT2D eigenvalue weighted by atomic mass is 9.84. The Balaban J connectivity index is 2.27. The Morgan fingerprint density at radius 2 is 2.00 bits per heavy atom. The molecule has 1 rings (SSSR count). The van der Waals surface area contributed by atoms with E-state index in [1.165, 1.54) is 19.6 Å². The fourth-order valence-corrected chi connectivity index (χ4v) is 3.29. The monoisotopic (exact) mass is 254 g/mol. The maximum Gasteiger partial charge on any atom is 0.0201 e. The van der Waals surface area contributed by atoms with Crippen LogP contribution in [0.5, 0.6) is 0 Å². The molecule has 1 heterocycles. The molecule has 0 saturated carbocycles. The predicted molar refractivity (Wildman–Crippen MR) is 52.3 cm³/mol. The fraction of sp³-hybridized carbons (Fsp3) is 1.00. The van der Waals surface area contributed by atoms with Gasteiger partial charge >= 0.3 is 0 Å². The highest BCUT2D eigenvalue weighted by atomic mass is 127. The molecule has 0 bridgehead atoms. The number of hydrogen-bond acceptors (Lipinski definition) is 2. The van der Waals surface area contributed by atoms with E-state index in [-0.39, 0.29) is 0 Å². The summed E-state index contributed by atoms with van der Waals surface area (Å²) in [6.45, 7) is 6.05. The van der Waals surface area contributed by atoms with Crippen molar-refractivity contribution in [2.24, 2.45) is 5.41 Å². The van der Waals surface area contributed by atoms with Gasteiger partial charge in [-0.05, 0) is 14.1 Å². The van der Waals surface area contributed by atoms with Crippen LogP contribution in [0.15, 0.2) is 0 Å². The van der Waals surface area contributed by atoms with Crippen LogP contribution >= 0.6 is 22.9 Å². The minimum atomic E-state index is 0.560. The molecule has 3 heteroatoms. The van der Waals surface area contributed by atoms with E-state index in [1.807, 2.05) is 0 Å². The van der Waals surface area contributed by atoms with Gasteiger partial charge in [0.2, 0.25) is 0 Å². The van der Waals surface area contributed by atoms with E-state index in [9.17, 15) is 0 Å². The molecular weight excluding hydrogens is 239 g/mol. The lowest BCUT2D eigenvalue weighted by Gasteiger charge is -2.46. The summed E-state index contributed by atoms with van der Waals surface area (Å²) in [4.78, 5) is 2.27. The van der Waals surface area contributed by atoms with Gasteiger partial charge in [0.15, 0.2) is 0 Å². The van der Waals surface area contributed by atoms with Gasteiger partial charge in [-0.15, -0.1) is 0 Å². The second-order valence-corrected chi connectivity index (χ2v) is 5.19. The van der Waals surface area contributed by atoms with Crippen LogP contribution in [0.3, 0.4) is 0 Å². The summed E-state index contributed by atoms with van der Waals surface area (Å²) >= 11 is 2.38. The zero-order valence-corrected chi connectivity index (χ0v) is 9.05. The van der Waals surface area contributed by atoms with Crippen molar-refractivity contribution in [3.63, 3.8) is 0 Å². The van der Waals surface area contributed by atoms with Gasteiger partial charge in [-0.1, -0.05) is 6.92 Å². The van der Waals surface area contributed by atoms with E-state index >= 15 is 0 Å². The van der Waals surface area contributed by atoms with Gasteiger partial charge in [-0.3, -0.25) is 0 Å². The summed E-state index contributed by atoms with van der Waals surface area (Å²) in [7, 11) is 4.28. The predicted octanol–water partition coefficient (Wildman–Crippen LogP) is 1.22. The first-order valence-corrected chi connectivity index (χ1v) is 4.54. The first kappa shape index (κ1) is 8.74. The molecule has 60 valence electrons. The van der Waals surface area contributed by atoms with Gasteiger partial charge in [-0.25, -0.2) is 3.11 Å². The zero-order valence-electron chi connectivity index (χ0n) is 6.89. The van der Waals surface area contributed by atoms with Gasteiger partial charge < -0.3 is 4.90 Å². The normalized spacial score (nSPS) is 24.9. The molecule has 0 unspecified atom stereocenters. The van der Waals surface area contributed by atoms with Crippen molar-refractivity contribution in [1.29, 1.82) is 0 Å². The summed E-state index contributed by atoms with van der Waals surface area (Å²) in [5.74, 6) is 0. The van der Waals surface area contributed by atoms with Crippen LogP contribution in [0.1, 0.15) is 6.92 Å². The van der Waals surface area contributed by atoms with Crippen molar-refractivity contribution >= 4 is 22.9 Å². The molecule has 0 radical (unpaired) electrons. The number of nitrogens with zero attached hydrogens (tertiary/aromatic N) is 2. The van der Waals surface area contributed by atoms with Crippen molar-refractivity contribution < 1.29 is 0 Å². The quantitative estimate of drug-likeness (QED) is 0.540. The lowest BCUT2D eigenvalue weighted by Crippen LogP contribution is -2.54. The third-order valence-corrected chi connectivity index (χ3v) is 2.49. The van der Waals surface area contributed by atoms with Crippen LogP contribution in [-0.2, 0) is 0 Å². The first-order chi connectivity index (χ1) is 4.52. The van der Waals surface area contributed by atoms with Crippen LogP contribution in [0, 0.1) is 5.41 Å². The Morgan fingerprint density at radius 3 is 2.30 bits per heavy atom. The van der Waals surface area contributed by atoms with Gasteiger partial charge in [0.1, 0.15) is 0 Å². The molecule has 1 aliphatic rings. The third-order valence-electron chi connectivity index (χ3n) is 1.80. The smallest absolute Gasteiger partial charge is 0.0201 e. The molecule has 1 aliphatic heterocycles. The molecule has 10 heavy (non-hydrogen) atoms. The molecule has 0 aromatic rings. The van der Waals surface area contributed by atoms with Gasteiger partial charge in [0.25, 0.3) is 0 Å². The van der Waals surface area contributed by atoms with E-state index in [0.29, 0.717) is 5.41 Å². The van der Waals surface area contributed by atoms with Crippen molar-refractivity contribution in [3.05, 3.63) is 0 Å². The molecule has 0 amide bonds. The molecule has 0 aromatic heterocycles. The van der Waals surface area contributed by atoms with E-state index in [2.05, 4.69) is 51.9 Å². The van der Waals surface area contributed by atoms with Crippen molar-refractivity contribution in [1.82, 2.24) is 8.01 Å². The molecule has 0 aliphatic carbocycles. The first-order valence-electron chi connectivity index (χ1n) is 3.57. The van der Waals surface area contributed by atoms with Crippen molar-refractivity contribution in [3.8, 4) is 0 Å².